The Labute approximate surface area is 84.1 Å². The maximum Gasteiger partial charge on any atom is 0.0180 e. The van der Waals surface area contributed by atoms with Crippen LogP contribution in [0.5, 0.6) is 0 Å². The van der Waals surface area contributed by atoms with Crippen molar-refractivity contribution in [2.45, 2.75) is 71.8 Å². The van der Waals surface area contributed by atoms with Crippen LogP contribution < -0.4 is 5.73 Å². The average molecular weight is 185 g/mol. The van der Waals surface area contributed by atoms with Gasteiger partial charge in [-0.1, -0.05) is 53.4 Å². The van der Waals surface area contributed by atoms with E-state index in [-0.39, 0.29) is 5.54 Å². The Morgan fingerprint density at radius 2 is 1.62 bits per heavy atom. The van der Waals surface area contributed by atoms with Crippen LogP contribution >= 0.6 is 0 Å². The normalized spacial score (nSPS) is 16.2. The molecule has 0 aromatic heterocycles. The zero-order chi connectivity index (χ0) is 10.3. The molecule has 0 aromatic carbocycles. The summed E-state index contributed by atoms with van der Waals surface area (Å²) in [4.78, 5) is 0. The molecular weight excluding hydrogens is 158 g/mol. The van der Waals surface area contributed by atoms with Crippen LogP contribution in [0.4, 0.5) is 0 Å². The molecule has 1 nitrogen and oxygen atoms in total. The van der Waals surface area contributed by atoms with E-state index in [1.54, 1.807) is 0 Å². The molecule has 0 heterocycles. The van der Waals surface area contributed by atoms with Gasteiger partial charge in [0.2, 0.25) is 0 Å². The van der Waals surface area contributed by atoms with Gasteiger partial charge in [0.1, 0.15) is 0 Å². The first kappa shape index (κ1) is 13.0. The van der Waals surface area contributed by atoms with Gasteiger partial charge in [-0.15, -0.1) is 0 Å². The highest BCUT2D eigenvalue weighted by Gasteiger charge is 2.29. The monoisotopic (exact) mass is 185 g/mol. The summed E-state index contributed by atoms with van der Waals surface area (Å²) in [6.45, 7) is 8.99. The molecule has 0 fully saturated rings. The lowest BCUT2D eigenvalue weighted by Crippen LogP contribution is -2.46. The third kappa shape index (κ3) is 3.68. The first-order valence-corrected chi connectivity index (χ1v) is 5.93. The summed E-state index contributed by atoms with van der Waals surface area (Å²) in [7, 11) is 0. The fraction of sp³-hybridized carbons (Fsp3) is 1.00. The molecule has 0 aliphatic carbocycles. The van der Waals surface area contributed by atoms with E-state index in [2.05, 4.69) is 27.7 Å². The number of unbranched alkanes of at least 4 members (excludes halogenated alkanes) is 1. The summed E-state index contributed by atoms with van der Waals surface area (Å²) >= 11 is 0. The van der Waals surface area contributed by atoms with Crippen molar-refractivity contribution < 1.29 is 0 Å². The first-order chi connectivity index (χ1) is 6.14. The van der Waals surface area contributed by atoms with Gasteiger partial charge < -0.3 is 5.73 Å². The molecule has 0 rings (SSSR count). The molecule has 2 N–H and O–H groups in total. The van der Waals surface area contributed by atoms with Crippen LogP contribution in [0, 0.1) is 5.92 Å². The molecule has 0 bridgehead atoms. The summed E-state index contributed by atoms with van der Waals surface area (Å²) in [5, 5.41) is 0. The third-order valence-electron chi connectivity index (χ3n) is 3.45. The van der Waals surface area contributed by atoms with Gasteiger partial charge in [0.25, 0.3) is 0 Å². The van der Waals surface area contributed by atoms with Gasteiger partial charge in [0.15, 0.2) is 0 Å². The molecule has 1 heteroatoms. The molecule has 0 saturated heterocycles. The van der Waals surface area contributed by atoms with Crippen molar-refractivity contribution in [2.24, 2.45) is 11.7 Å². The lowest BCUT2D eigenvalue weighted by Gasteiger charge is -2.36. The summed E-state index contributed by atoms with van der Waals surface area (Å²) in [6, 6.07) is 0. The van der Waals surface area contributed by atoms with Crippen LogP contribution in [-0.2, 0) is 0 Å². The zero-order valence-electron chi connectivity index (χ0n) is 9.90. The second-order valence-electron chi connectivity index (χ2n) is 4.20. The summed E-state index contributed by atoms with van der Waals surface area (Å²) in [6.07, 6.45) is 7.32. The maximum atomic E-state index is 6.45. The van der Waals surface area contributed by atoms with E-state index >= 15 is 0 Å². The molecule has 80 valence electrons. The van der Waals surface area contributed by atoms with Crippen LogP contribution in [0.2, 0.25) is 0 Å². The molecule has 0 aliphatic rings. The van der Waals surface area contributed by atoms with Gasteiger partial charge in [-0.3, -0.25) is 0 Å². The number of hydrogen-bond donors (Lipinski definition) is 1. The van der Waals surface area contributed by atoms with Gasteiger partial charge in [-0.05, 0) is 18.8 Å². The molecule has 13 heavy (non-hydrogen) atoms. The van der Waals surface area contributed by atoms with Crippen molar-refractivity contribution in [3.63, 3.8) is 0 Å². The van der Waals surface area contributed by atoms with Crippen LogP contribution in [0.15, 0.2) is 0 Å². The maximum absolute atomic E-state index is 6.45. The van der Waals surface area contributed by atoms with Crippen molar-refractivity contribution >= 4 is 0 Å². The Kier molecular flexibility index (Phi) is 6.40. The predicted octanol–water partition coefficient (Wildman–Crippen LogP) is 3.72. The Morgan fingerprint density at radius 1 is 1.08 bits per heavy atom. The Hall–Kier alpha value is -0.0400. The van der Waals surface area contributed by atoms with E-state index in [9.17, 15) is 0 Å². The van der Waals surface area contributed by atoms with Crippen molar-refractivity contribution in [1.82, 2.24) is 0 Å². The first-order valence-electron chi connectivity index (χ1n) is 5.93. The molecule has 1 atom stereocenters. The highest BCUT2D eigenvalue weighted by molar-refractivity contribution is 4.88. The molecule has 0 aromatic rings. The van der Waals surface area contributed by atoms with Gasteiger partial charge in [0, 0.05) is 5.54 Å². The fourth-order valence-corrected chi connectivity index (χ4v) is 2.28. The van der Waals surface area contributed by atoms with Crippen molar-refractivity contribution in [2.75, 3.05) is 0 Å². The van der Waals surface area contributed by atoms with Crippen LogP contribution in [0.1, 0.15) is 66.2 Å². The lowest BCUT2D eigenvalue weighted by atomic mass is 9.76. The quantitative estimate of drug-likeness (QED) is 0.642. The standard InChI is InChI=1S/C12H27N/c1-5-9-10-12(13,8-4)11(6-2)7-3/h11H,5-10,13H2,1-4H3. The fourth-order valence-electron chi connectivity index (χ4n) is 2.28. The van der Waals surface area contributed by atoms with E-state index in [0.717, 1.165) is 6.42 Å². The molecule has 0 amide bonds. The smallest absolute Gasteiger partial charge is 0.0180 e. The van der Waals surface area contributed by atoms with Crippen molar-refractivity contribution in [3.05, 3.63) is 0 Å². The molecule has 0 radical (unpaired) electrons. The zero-order valence-corrected chi connectivity index (χ0v) is 9.90. The second kappa shape index (κ2) is 6.42. The Balaban J connectivity index is 4.21. The minimum atomic E-state index is 0.111. The van der Waals surface area contributed by atoms with E-state index in [1.165, 1.54) is 32.1 Å². The van der Waals surface area contributed by atoms with Gasteiger partial charge in [-0.25, -0.2) is 0 Å². The Morgan fingerprint density at radius 3 is 1.92 bits per heavy atom. The van der Waals surface area contributed by atoms with Gasteiger partial charge in [0.05, 0.1) is 0 Å². The largest absolute Gasteiger partial charge is 0.325 e. The Bertz CT molecular complexity index is 118. The minimum Gasteiger partial charge on any atom is -0.325 e. The number of hydrogen-bond acceptors (Lipinski definition) is 1. The summed E-state index contributed by atoms with van der Waals surface area (Å²) in [5.74, 6) is 0.712. The highest BCUT2D eigenvalue weighted by atomic mass is 14.8. The topological polar surface area (TPSA) is 26.0 Å². The van der Waals surface area contributed by atoms with E-state index < -0.39 is 0 Å². The molecule has 0 saturated carbocycles. The summed E-state index contributed by atoms with van der Waals surface area (Å²) in [5.41, 5.74) is 6.56. The van der Waals surface area contributed by atoms with Crippen LogP contribution in [-0.4, -0.2) is 5.54 Å². The molecular formula is C12H27N. The number of nitrogens with two attached hydrogens (primary N) is 1. The van der Waals surface area contributed by atoms with Crippen molar-refractivity contribution in [1.29, 1.82) is 0 Å². The van der Waals surface area contributed by atoms with Gasteiger partial charge >= 0.3 is 0 Å². The van der Waals surface area contributed by atoms with Gasteiger partial charge in [-0.2, -0.15) is 0 Å². The molecule has 0 spiro atoms. The highest BCUT2D eigenvalue weighted by Crippen LogP contribution is 2.29. The van der Waals surface area contributed by atoms with E-state index in [0.29, 0.717) is 5.92 Å². The van der Waals surface area contributed by atoms with E-state index in [4.69, 9.17) is 5.73 Å². The average Bonchev–Trinajstić information content (AvgIpc) is 2.16. The predicted molar refractivity (Wildman–Crippen MR) is 60.8 cm³/mol. The lowest BCUT2D eigenvalue weighted by molar-refractivity contribution is 0.224. The van der Waals surface area contributed by atoms with Crippen LogP contribution in [0.3, 0.4) is 0 Å². The second-order valence-corrected chi connectivity index (χ2v) is 4.20. The minimum absolute atomic E-state index is 0.111. The van der Waals surface area contributed by atoms with Crippen molar-refractivity contribution in [3.8, 4) is 0 Å². The molecule has 0 aliphatic heterocycles. The summed E-state index contributed by atoms with van der Waals surface area (Å²) < 4.78 is 0. The third-order valence-corrected chi connectivity index (χ3v) is 3.45. The van der Waals surface area contributed by atoms with E-state index in [1.807, 2.05) is 0 Å². The number of rotatable bonds is 7. The van der Waals surface area contributed by atoms with Crippen LogP contribution in [0.25, 0.3) is 0 Å². The SMILES string of the molecule is CCCCC(N)(CC)C(CC)CC. The molecule has 1 unspecified atom stereocenters.